The van der Waals surface area contributed by atoms with Gasteiger partial charge in [-0.1, -0.05) is 11.6 Å². The normalized spacial score (nSPS) is 26.6. The van der Waals surface area contributed by atoms with Gasteiger partial charge in [0.15, 0.2) is 0 Å². The van der Waals surface area contributed by atoms with Gasteiger partial charge in [0.05, 0.1) is 5.92 Å². The number of hydrogen-bond acceptors (Lipinski definition) is 1. The first-order valence-corrected chi connectivity index (χ1v) is 2.40. The van der Waals surface area contributed by atoms with Crippen LogP contribution in [-0.2, 0) is 4.79 Å². The van der Waals surface area contributed by atoms with Crippen LogP contribution in [0.1, 0.15) is 13.8 Å². The second-order valence-electron chi connectivity index (χ2n) is 2.00. The van der Waals surface area contributed by atoms with E-state index >= 15 is 0 Å². The number of rotatable bonds is 1. The molecule has 0 saturated carbocycles. The summed E-state index contributed by atoms with van der Waals surface area (Å²) in [7, 11) is 0. The summed E-state index contributed by atoms with van der Waals surface area (Å²) in [5.74, 6) is 0.498. The zero-order valence-electron chi connectivity index (χ0n) is 4.56. The molecular formula is C6H8O. The van der Waals surface area contributed by atoms with Crippen molar-refractivity contribution in [1.82, 2.24) is 0 Å². The molecule has 1 aliphatic carbocycles. The second kappa shape index (κ2) is 1.19. The quantitative estimate of drug-likeness (QED) is 0.447. The van der Waals surface area contributed by atoms with Crippen LogP contribution in [0.4, 0.5) is 0 Å². The molecule has 1 atom stereocenters. The van der Waals surface area contributed by atoms with Gasteiger partial charge in [0.2, 0.25) is 0 Å². The Labute approximate surface area is 43.0 Å². The molecule has 0 aliphatic heterocycles. The lowest BCUT2D eigenvalue weighted by Crippen LogP contribution is -1.93. The lowest BCUT2D eigenvalue weighted by atomic mass is 10.2. The fourth-order valence-corrected chi connectivity index (χ4v) is 0.653. The highest BCUT2D eigenvalue weighted by Crippen LogP contribution is 2.27. The van der Waals surface area contributed by atoms with Crippen LogP contribution in [0.5, 0.6) is 0 Å². The van der Waals surface area contributed by atoms with E-state index in [4.69, 9.17) is 0 Å². The first-order chi connectivity index (χ1) is 3.22. The number of carbonyl (C=O) groups is 1. The first-order valence-electron chi connectivity index (χ1n) is 2.40. The van der Waals surface area contributed by atoms with Crippen molar-refractivity contribution >= 4 is 5.78 Å². The molecule has 1 unspecified atom stereocenters. The predicted octanol–water partition coefficient (Wildman–Crippen LogP) is 1.15. The summed E-state index contributed by atoms with van der Waals surface area (Å²) in [4.78, 5) is 10.4. The van der Waals surface area contributed by atoms with Crippen LogP contribution in [-0.4, -0.2) is 5.78 Å². The molecule has 1 rings (SSSR count). The van der Waals surface area contributed by atoms with Gasteiger partial charge in [-0.2, -0.15) is 0 Å². The highest BCUT2D eigenvalue weighted by Gasteiger charge is 2.23. The SMILES string of the molecule is CC(=O)C1C=C1C. The molecule has 1 aliphatic rings. The molecule has 0 amide bonds. The second-order valence-corrected chi connectivity index (χ2v) is 2.00. The van der Waals surface area contributed by atoms with Crippen LogP contribution in [0.2, 0.25) is 0 Å². The van der Waals surface area contributed by atoms with E-state index in [0.717, 1.165) is 0 Å². The van der Waals surface area contributed by atoms with Crippen LogP contribution >= 0.6 is 0 Å². The number of Topliss-reactive ketones (excluding diaryl/α,β-unsaturated/α-hetero) is 1. The number of carbonyl (C=O) groups excluding carboxylic acids is 1. The van der Waals surface area contributed by atoms with E-state index in [1.165, 1.54) is 5.57 Å². The van der Waals surface area contributed by atoms with E-state index < -0.39 is 0 Å². The van der Waals surface area contributed by atoms with Crippen molar-refractivity contribution in [3.63, 3.8) is 0 Å². The van der Waals surface area contributed by atoms with Crippen LogP contribution in [0.3, 0.4) is 0 Å². The molecule has 0 aromatic rings. The zero-order valence-corrected chi connectivity index (χ0v) is 4.56. The number of hydrogen-bond donors (Lipinski definition) is 0. The van der Waals surface area contributed by atoms with Crippen molar-refractivity contribution in [1.29, 1.82) is 0 Å². The van der Waals surface area contributed by atoms with Crippen molar-refractivity contribution in [3.8, 4) is 0 Å². The molecule has 0 saturated heterocycles. The summed E-state index contributed by atoms with van der Waals surface area (Å²) in [6, 6.07) is 0. The van der Waals surface area contributed by atoms with E-state index in [2.05, 4.69) is 0 Å². The average Bonchev–Trinajstić information content (AvgIpc) is 2.17. The van der Waals surface area contributed by atoms with E-state index in [0.29, 0.717) is 0 Å². The van der Waals surface area contributed by atoms with Crippen LogP contribution < -0.4 is 0 Å². The Kier molecular flexibility index (Phi) is 0.775. The van der Waals surface area contributed by atoms with Gasteiger partial charge in [-0.15, -0.1) is 0 Å². The summed E-state index contributed by atoms with van der Waals surface area (Å²) in [6.45, 7) is 3.60. The Balaban J connectivity index is 2.39. The van der Waals surface area contributed by atoms with Crippen LogP contribution in [0, 0.1) is 5.92 Å². The van der Waals surface area contributed by atoms with E-state index in [-0.39, 0.29) is 11.7 Å². The highest BCUT2D eigenvalue weighted by atomic mass is 16.1. The third-order valence-corrected chi connectivity index (χ3v) is 1.25. The Morgan fingerprint density at radius 2 is 2.29 bits per heavy atom. The van der Waals surface area contributed by atoms with Crippen molar-refractivity contribution in [2.24, 2.45) is 5.92 Å². The Bertz CT molecular complexity index is 133. The van der Waals surface area contributed by atoms with Gasteiger partial charge < -0.3 is 0 Å². The van der Waals surface area contributed by atoms with Gasteiger partial charge in [-0.05, 0) is 13.8 Å². The Morgan fingerprint density at radius 1 is 1.86 bits per heavy atom. The van der Waals surface area contributed by atoms with Crippen molar-refractivity contribution < 1.29 is 4.79 Å². The molecule has 0 spiro atoms. The summed E-state index contributed by atoms with van der Waals surface area (Å²) in [5, 5.41) is 0. The molecule has 0 fully saturated rings. The predicted molar refractivity (Wildman–Crippen MR) is 27.9 cm³/mol. The molecule has 0 heterocycles. The van der Waals surface area contributed by atoms with E-state index in [1.54, 1.807) is 6.92 Å². The highest BCUT2D eigenvalue weighted by molar-refractivity contribution is 5.87. The maximum absolute atomic E-state index is 10.4. The zero-order chi connectivity index (χ0) is 5.44. The van der Waals surface area contributed by atoms with Gasteiger partial charge in [0.25, 0.3) is 0 Å². The lowest BCUT2D eigenvalue weighted by Gasteiger charge is -1.82. The largest absolute Gasteiger partial charge is 0.299 e. The molecular weight excluding hydrogens is 88.1 g/mol. The maximum Gasteiger partial charge on any atom is 0.140 e. The van der Waals surface area contributed by atoms with Crippen LogP contribution in [0.25, 0.3) is 0 Å². The molecule has 0 aromatic carbocycles. The van der Waals surface area contributed by atoms with Gasteiger partial charge in [0.1, 0.15) is 5.78 Å². The van der Waals surface area contributed by atoms with Gasteiger partial charge in [-0.25, -0.2) is 0 Å². The molecule has 0 N–H and O–H groups in total. The molecule has 1 nitrogen and oxygen atoms in total. The molecule has 38 valence electrons. The molecule has 1 heteroatoms. The molecule has 0 radical (unpaired) electrons. The van der Waals surface area contributed by atoms with E-state index in [9.17, 15) is 4.79 Å². The van der Waals surface area contributed by atoms with Gasteiger partial charge in [0, 0.05) is 0 Å². The standard InChI is InChI=1S/C6H8O/c1-4-3-6(4)5(2)7/h3,6H,1-2H3. The fourth-order valence-electron chi connectivity index (χ4n) is 0.653. The minimum absolute atomic E-state index is 0.222. The third kappa shape index (κ3) is 0.710. The first kappa shape index (κ1) is 4.57. The average molecular weight is 96.1 g/mol. The van der Waals surface area contributed by atoms with Crippen molar-refractivity contribution in [2.75, 3.05) is 0 Å². The monoisotopic (exact) mass is 96.1 g/mol. The summed E-state index contributed by atoms with van der Waals surface area (Å²) >= 11 is 0. The summed E-state index contributed by atoms with van der Waals surface area (Å²) in [6.07, 6.45) is 1.97. The van der Waals surface area contributed by atoms with Crippen LogP contribution in [0.15, 0.2) is 11.6 Å². The molecule has 0 aromatic heterocycles. The number of allylic oxidation sites excluding steroid dienone is 2. The maximum atomic E-state index is 10.4. The van der Waals surface area contributed by atoms with E-state index in [1.807, 2.05) is 13.0 Å². The smallest absolute Gasteiger partial charge is 0.140 e. The number of ketones is 1. The van der Waals surface area contributed by atoms with Gasteiger partial charge >= 0.3 is 0 Å². The summed E-state index contributed by atoms with van der Waals surface area (Å²) in [5.41, 5.74) is 1.23. The topological polar surface area (TPSA) is 17.1 Å². The fraction of sp³-hybridized carbons (Fsp3) is 0.500. The molecule has 7 heavy (non-hydrogen) atoms. The van der Waals surface area contributed by atoms with Crippen molar-refractivity contribution in [3.05, 3.63) is 11.6 Å². The van der Waals surface area contributed by atoms with Gasteiger partial charge in [-0.3, -0.25) is 4.79 Å². The van der Waals surface area contributed by atoms with Crippen molar-refractivity contribution in [2.45, 2.75) is 13.8 Å². The lowest BCUT2D eigenvalue weighted by molar-refractivity contribution is -0.117. The minimum atomic E-state index is 0.222. The Morgan fingerprint density at radius 3 is 2.29 bits per heavy atom. The Hall–Kier alpha value is -0.590. The minimum Gasteiger partial charge on any atom is -0.299 e. The summed E-state index contributed by atoms with van der Waals surface area (Å²) < 4.78 is 0. The molecule has 0 bridgehead atoms. The third-order valence-electron chi connectivity index (χ3n) is 1.25.